The first-order valence-corrected chi connectivity index (χ1v) is 8.01. The molecule has 0 heterocycles. The van der Waals surface area contributed by atoms with Gasteiger partial charge in [-0.15, -0.1) is 0 Å². The summed E-state index contributed by atoms with van der Waals surface area (Å²) in [5.41, 5.74) is -2.62. The summed E-state index contributed by atoms with van der Waals surface area (Å²) in [6.45, 7) is 3.57. The van der Waals surface area contributed by atoms with E-state index in [9.17, 15) is 23.2 Å². The predicted molar refractivity (Wildman–Crippen MR) is 84.7 cm³/mol. The fraction of sp³-hybridized carbons (Fsp3) is 0.421. The first kappa shape index (κ1) is 17.5. The molecule has 0 spiro atoms. The average molecular weight is 348 g/mol. The van der Waals surface area contributed by atoms with Gasteiger partial charge in [-0.3, -0.25) is 14.4 Å². The van der Waals surface area contributed by atoms with Gasteiger partial charge in [0.1, 0.15) is 17.0 Å². The molecule has 2 saturated carbocycles. The smallest absolute Gasteiger partial charge is 0.320 e. The molecule has 2 aliphatic carbocycles. The van der Waals surface area contributed by atoms with Gasteiger partial charge in [-0.05, 0) is 42.4 Å². The van der Waals surface area contributed by atoms with Crippen LogP contribution in [0.25, 0.3) is 0 Å². The number of carbonyl (C=O) groups excluding carboxylic acids is 3. The highest BCUT2D eigenvalue weighted by Gasteiger charge is 2.71. The maximum Gasteiger partial charge on any atom is 0.320 e. The third-order valence-corrected chi connectivity index (χ3v) is 5.83. The molecule has 0 saturated heterocycles. The average Bonchev–Trinajstić information content (AvgIpc) is 2.90. The van der Waals surface area contributed by atoms with E-state index in [4.69, 9.17) is 4.74 Å². The number of ketones is 2. The highest BCUT2D eigenvalue weighted by atomic mass is 19.1. The predicted octanol–water partition coefficient (Wildman–Crippen LogP) is 3.25. The van der Waals surface area contributed by atoms with E-state index < -0.39 is 45.6 Å². The largest absolute Gasteiger partial charge is 0.468 e. The topological polar surface area (TPSA) is 60.4 Å². The molecular formula is C19H18F2O4. The molecule has 0 aliphatic heterocycles. The van der Waals surface area contributed by atoms with Crippen LogP contribution in [0.2, 0.25) is 0 Å². The number of rotatable bonds is 3. The van der Waals surface area contributed by atoms with E-state index >= 15 is 0 Å². The Labute approximate surface area is 143 Å². The van der Waals surface area contributed by atoms with Crippen LogP contribution in [0.15, 0.2) is 29.8 Å². The maximum absolute atomic E-state index is 13.8. The minimum Gasteiger partial charge on any atom is -0.468 e. The number of Topliss-reactive ketones (excluding diaryl/α,β-unsaturated/α-hetero) is 1. The van der Waals surface area contributed by atoms with Crippen molar-refractivity contribution in [3.63, 3.8) is 0 Å². The van der Waals surface area contributed by atoms with Gasteiger partial charge in [0.15, 0.2) is 11.6 Å². The van der Waals surface area contributed by atoms with Gasteiger partial charge in [0.05, 0.1) is 12.7 Å². The Morgan fingerprint density at radius 1 is 1.24 bits per heavy atom. The van der Waals surface area contributed by atoms with Crippen molar-refractivity contribution in [1.82, 2.24) is 0 Å². The Bertz CT molecular complexity index is 804. The summed E-state index contributed by atoms with van der Waals surface area (Å²) in [5, 5.41) is 0. The third-order valence-electron chi connectivity index (χ3n) is 5.83. The van der Waals surface area contributed by atoms with Crippen LogP contribution in [0.5, 0.6) is 0 Å². The second kappa shape index (κ2) is 5.58. The molecule has 0 unspecified atom stereocenters. The molecule has 1 aromatic carbocycles. The number of hydrogen-bond acceptors (Lipinski definition) is 4. The monoisotopic (exact) mass is 348 g/mol. The van der Waals surface area contributed by atoms with Gasteiger partial charge in [0, 0.05) is 5.57 Å². The Hall–Kier alpha value is -2.37. The van der Waals surface area contributed by atoms with Crippen LogP contribution in [0.4, 0.5) is 8.78 Å². The fourth-order valence-corrected chi connectivity index (χ4v) is 4.44. The Balaban J connectivity index is 2.08. The number of carbonyl (C=O) groups is 3. The molecule has 0 radical (unpaired) electrons. The van der Waals surface area contributed by atoms with Crippen LogP contribution in [0.3, 0.4) is 0 Å². The number of benzene rings is 1. The summed E-state index contributed by atoms with van der Waals surface area (Å²) in [5.74, 6) is -4.33. The van der Waals surface area contributed by atoms with Crippen molar-refractivity contribution in [3.8, 4) is 0 Å². The highest BCUT2D eigenvalue weighted by molar-refractivity contribution is 6.20. The number of ether oxygens (including phenoxy) is 1. The van der Waals surface area contributed by atoms with E-state index in [-0.39, 0.29) is 11.5 Å². The van der Waals surface area contributed by atoms with Crippen molar-refractivity contribution in [1.29, 1.82) is 0 Å². The quantitative estimate of drug-likeness (QED) is 0.364. The lowest BCUT2D eigenvalue weighted by Gasteiger charge is -2.32. The lowest BCUT2D eigenvalue weighted by molar-refractivity contribution is -0.161. The Morgan fingerprint density at radius 2 is 1.84 bits per heavy atom. The van der Waals surface area contributed by atoms with Gasteiger partial charge in [-0.25, -0.2) is 8.78 Å². The van der Waals surface area contributed by atoms with Gasteiger partial charge in [-0.1, -0.05) is 19.9 Å². The minimum absolute atomic E-state index is 0.148. The number of hydrogen-bond donors (Lipinski definition) is 0. The minimum atomic E-state index is -1.34. The van der Waals surface area contributed by atoms with Gasteiger partial charge < -0.3 is 4.74 Å². The van der Waals surface area contributed by atoms with Crippen molar-refractivity contribution in [2.24, 2.45) is 16.7 Å². The molecule has 1 aromatic rings. The molecule has 0 N–H and O–H groups in total. The van der Waals surface area contributed by atoms with Crippen LogP contribution in [-0.2, 0) is 14.3 Å². The van der Waals surface area contributed by atoms with Crippen LogP contribution in [0, 0.1) is 28.4 Å². The van der Waals surface area contributed by atoms with Crippen LogP contribution < -0.4 is 0 Å². The van der Waals surface area contributed by atoms with E-state index in [1.165, 1.54) is 7.11 Å². The molecule has 0 amide bonds. The Morgan fingerprint density at radius 3 is 2.40 bits per heavy atom. The van der Waals surface area contributed by atoms with Gasteiger partial charge in [0.25, 0.3) is 0 Å². The zero-order chi connectivity index (χ0) is 18.6. The third kappa shape index (κ3) is 2.12. The van der Waals surface area contributed by atoms with Gasteiger partial charge >= 0.3 is 5.97 Å². The van der Waals surface area contributed by atoms with Crippen LogP contribution in [-0.4, -0.2) is 24.6 Å². The first-order valence-electron chi connectivity index (χ1n) is 8.01. The van der Waals surface area contributed by atoms with E-state index in [1.807, 2.05) is 0 Å². The summed E-state index contributed by atoms with van der Waals surface area (Å²) < 4.78 is 32.5. The molecular weight excluding hydrogens is 330 g/mol. The SMILES string of the molecule is COC(=O)[C@@]12CC[C@@H](C(=CC(=O)c3c(F)cccc3F)C1=O)C2(C)C. The summed E-state index contributed by atoms with van der Waals surface area (Å²) in [6.07, 6.45) is 1.86. The van der Waals surface area contributed by atoms with Crippen LogP contribution >= 0.6 is 0 Å². The Kier molecular flexibility index (Phi) is 3.89. The van der Waals surface area contributed by atoms with E-state index in [0.717, 1.165) is 24.3 Å². The number of methoxy groups -OCH3 is 1. The lowest BCUT2D eigenvalue weighted by Crippen LogP contribution is -2.44. The second-order valence-corrected chi connectivity index (χ2v) is 7.10. The summed E-state index contributed by atoms with van der Waals surface area (Å²) in [4.78, 5) is 37.7. The zero-order valence-electron chi connectivity index (χ0n) is 14.2. The number of allylic oxidation sites excluding steroid dienone is 2. The summed E-state index contributed by atoms with van der Waals surface area (Å²) in [6, 6.07) is 3.13. The molecule has 4 nitrogen and oxygen atoms in total. The first-order chi connectivity index (χ1) is 11.7. The molecule has 0 aromatic heterocycles. The van der Waals surface area contributed by atoms with Gasteiger partial charge in [0.2, 0.25) is 0 Å². The molecule has 132 valence electrons. The number of fused-ring (bicyclic) bond motifs is 2. The molecule has 2 fully saturated rings. The van der Waals surface area contributed by atoms with E-state index in [1.54, 1.807) is 13.8 Å². The number of halogens is 2. The standard InChI is InChI=1S/C19H18F2O4/c1-18(2)11-7-8-19(18,17(24)25-3)16(23)10(11)9-14(22)15-12(20)5-4-6-13(15)21/h4-6,9,11H,7-8H2,1-3H3/t11-,19+/m0/s1. The van der Waals surface area contributed by atoms with Crippen molar-refractivity contribution in [2.45, 2.75) is 26.7 Å². The van der Waals surface area contributed by atoms with Crippen LogP contribution in [0.1, 0.15) is 37.0 Å². The fourth-order valence-electron chi connectivity index (χ4n) is 4.44. The van der Waals surface area contributed by atoms with Gasteiger partial charge in [-0.2, -0.15) is 0 Å². The molecule has 6 heteroatoms. The number of esters is 1. The molecule has 2 bridgehead atoms. The van der Waals surface area contributed by atoms with Crippen molar-refractivity contribution in [3.05, 3.63) is 47.0 Å². The van der Waals surface area contributed by atoms with Crippen molar-refractivity contribution in [2.75, 3.05) is 7.11 Å². The molecule has 2 aliphatic rings. The summed E-state index contributed by atoms with van der Waals surface area (Å²) >= 11 is 0. The lowest BCUT2D eigenvalue weighted by atomic mass is 9.69. The molecule has 2 atom stereocenters. The normalized spacial score (nSPS) is 28.4. The van der Waals surface area contributed by atoms with Crippen molar-refractivity contribution >= 4 is 17.5 Å². The van der Waals surface area contributed by atoms with Crippen molar-refractivity contribution < 1.29 is 27.9 Å². The molecule has 3 rings (SSSR count). The van der Waals surface area contributed by atoms with E-state index in [0.29, 0.717) is 12.8 Å². The second-order valence-electron chi connectivity index (χ2n) is 7.10. The maximum atomic E-state index is 13.8. The van der Waals surface area contributed by atoms with E-state index in [2.05, 4.69) is 0 Å². The zero-order valence-corrected chi connectivity index (χ0v) is 14.2. The molecule has 25 heavy (non-hydrogen) atoms. The highest BCUT2D eigenvalue weighted by Crippen LogP contribution is 2.66. The summed E-state index contributed by atoms with van der Waals surface area (Å²) in [7, 11) is 1.22.